The molecule has 7 heteroatoms. The van der Waals surface area contributed by atoms with E-state index in [1.165, 1.54) is 7.11 Å². The molecular weight excluding hydrogens is 225 g/mol. The van der Waals surface area contributed by atoms with Crippen molar-refractivity contribution in [2.75, 3.05) is 26.1 Å². The molecule has 0 aliphatic carbocycles. The SMILES string of the molecule is COCCOc1cc(C(F)(F)F)ncc1N. The number of pyridine rings is 1. The van der Waals surface area contributed by atoms with Gasteiger partial charge in [0, 0.05) is 13.2 Å². The molecular formula is C9H11F3N2O2. The Kier molecular flexibility index (Phi) is 3.94. The van der Waals surface area contributed by atoms with Gasteiger partial charge in [-0.3, -0.25) is 0 Å². The summed E-state index contributed by atoms with van der Waals surface area (Å²) in [6.07, 6.45) is -3.59. The van der Waals surface area contributed by atoms with Crippen molar-refractivity contribution in [2.45, 2.75) is 6.18 Å². The minimum Gasteiger partial charge on any atom is -0.489 e. The summed E-state index contributed by atoms with van der Waals surface area (Å²) < 4.78 is 46.6. The maximum atomic E-state index is 12.3. The standard InChI is InChI=1S/C9H11F3N2O2/c1-15-2-3-16-7-4-8(9(10,11)12)14-5-6(7)13/h4-5H,2-3,13H2,1H3. The van der Waals surface area contributed by atoms with Gasteiger partial charge in [-0.2, -0.15) is 13.2 Å². The predicted molar refractivity (Wildman–Crippen MR) is 51.0 cm³/mol. The van der Waals surface area contributed by atoms with Gasteiger partial charge in [0.25, 0.3) is 0 Å². The van der Waals surface area contributed by atoms with E-state index in [9.17, 15) is 13.2 Å². The maximum Gasteiger partial charge on any atom is 0.433 e. The van der Waals surface area contributed by atoms with Crippen molar-refractivity contribution in [2.24, 2.45) is 0 Å². The fourth-order valence-electron chi connectivity index (χ4n) is 0.962. The van der Waals surface area contributed by atoms with Crippen LogP contribution >= 0.6 is 0 Å². The molecule has 0 amide bonds. The number of hydrogen-bond acceptors (Lipinski definition) is 4. The van der Waals surface area contributed by atoms with Crippen LogP contribution in [0.25, 0.3) is 0 Å². The van der Waals surface area contributed by atoms with Crippen LogP contribution in [-0.2, 0) is 10.9 Å². The molecule has 0 fully saturated rings. The molecule has 1 rings (SSSR count). The summed E-state index contributed by atoms with van der Waals surface area (Å²) in [6, 6.07) is 0.769. The van der Waals surface area contributed by atoms with Gasteiger partial charge in [0.2, 0.25) is 0 Å². The Morgan fingerprint density at radius 2 is 2.06 bits per heavy atom. The van der Waals surface area contributed by atoms with Gasteiger partial charge in [-0.25, -0.2) is 4.98 Å². The molecule has 4 nitrogen and oxygen atoms in total. The fraction of sp³-hybridized carbons (Fsp3) is 0.444. The molecule has 0 saturated carbocycles. The molecule has 2 N–H and O–H groups in total. The Labute approximate surface area is 90.2 Å². The van der Waals surface area contributed by atoms with Gasteiger partial charge >= 0.3 is 6.18 Å². The number of methoxy groups -OCH3 is 1. The molecule has 16 heavy (non-hydrogen) atoms. The van der Waals surface area contributed by atoms with Crippen LogP contribution in [0, 0.1) is 0 Å². The minimum absolute atomic E-state index is 0.0422. The van der Waals surface area contributed by atoms with Gasteiger partial charge in [-0.15, -0.1) is 0 Å². The number of nitrogens with zero attached hydrogens (tertiary/aromatic N) is 1. The van der Waals surface area contributed by atoms with Crippen LogP contribution in [-0.4, -0.2) is 25.3 Å². The van der Waals surface area contributed by atoms with Crippen molar-refractivity contribution in [1.29, 1.82) is 0 Å². The molecule has 90 valence electrons. The lowest BCUT2D eigenvalue weighted by Crippen LogP contribution is -2.11. The highest BCUT2D eigenvalue weighted by Gasteiger charge is 2.33. The van der Waals surface area contributed by atoms with E-state index < -0.39 is 11.9 Å². The molecule has 0 aliphatic heterocycles. The predicted octanol–water partition coefficient (Wildman–Crippen LogP) is 1.71. The van der Waals surface area contributed by atoms with Gasteiger partial charge < -0.3 is 15.2 Å². The number of nitrogens with two attached hydrogens (primary N) is 1. The van der Waals surface area contributed by atoms with E-state index >= 15 is 0 Å². The van der Waals surface area contributed by atoms with Crippen molar-refractivity contribution >= 4 is 5.69 Å². The first kappa shape index (κ1) is 12.6. The topological polar surface area (TPSA) is 57.4 Å². The molecule has 0 saturated heterocycles. The first-order valence-corrected chi connectivity index (χ1v) is 4.39. The third-order valence-electron chi connectivity index (χ3n) is 1.73. The number of rotatable bonds is 4. The van der Waals surface area contributed by atoms with E-state index in [2.05, 4.69) is 4.98 Å². The molecule has 0 bridgehead atoms. The second kappa shape index (κ2) is 5.02. The summed E-state index contributed by atoms with van der Waals surface area (Å²) in [5.41, 5.74) is 4.45. The highest BCUT2D eigenvalue weighted by Crippen LogP contribution is 2.31. The number of aromatic nitrogens is 1. The van der Waals surface area contributed by atoms with Gasteiger partial charge in [-0.1, -0.05) is 0 Å². The highest BCUT2D eigenvalue weighted by molar-refractivity contribution is 5.51. The Bertz CT molecular complexity index is 355. The number of ether oxygens (including phenoxy) is 2. The van der Waals surface area contributed by atoms with E-state index in [0.717, 1.165) is 12.3 Å². The lowest BCUT2D eigenvalue weighted by atomic mass is 10.3. The van der Waals surface area contributed by atoms with Crippen LogP contribution in [0.15, 0.2) is 12.3 Å². The second-order valence-electron chi connectivity index (χ2n) is 2.95. The normalized spacial score (nSPS) is 11.5. The molecule has 0 spiro atoms. The molecule has 0 unspecified atom stereocenters. The van der Waals surface area contributed by atoms with Crippen molar-refractivity contribution in [1.82, 2.24) is 4.98 Å². The van der Waals surface area contributed by atoms with Gasteiger partial charge in [-0.05, 0) is 0 Å². The average molecular weight is 236 g/mol. The first-order chi connectivity index (χ1) is 7.45. The monoisotopic (exact) mass is 236 g/mol. The summed E-state index contributed by atoms with van der Waals surface area (Å²) in [5, 5.41) is 0. The van der Waals surface area contributed by atoms with Gasteiger partial charge in [0.05, 0.1) is 18.5 Å². The number of nitrogen functional groups attached to an aromatic ring is 1. The van der Waals surface area contributed by atoms with Crippen LogP contribution in [0.2, 0.25) is 0 Å². The molecule has 1 aromatic rings. The lowest BCUT2D eigenvalue weighted by Gasteiger charge is -2.11. The maximum absolute atomic E-state index is 12.3. The number of hydrogen-bond donors (Lipinski definition) is 1. The fourth-order valence-corrected chi connectivity index (χ4v) is 0.962. The smallest absolute Gasteiger partial charge is 0.433 e. The molecule has 0 atom stereocenters. The summed E-state index contributed by atoms with van der Waals surface area (Å²) in [5.74, 6) is -0.0422. The Balaban J connectivity index is 2.83. The number of halogens is 3. The molecule has 0 radical (unpaired) electrons. The lowest BCUT2D eigenvalue weighted by molar-refractivity contribution is -0.141. The average Bonchev–Trinajstić information content (AvgIpc) is 2.19. The van der Waals surface area contributed by atoms with Crippen molar-refractivity contribution in [3.05, 3.63) is 18.0 Å². The Hall–Kier alpha value is -1.50. The molecule has 0 aliphatic rings. The highest BCUT2D eigenvalue weighted by atomic mass is 19.4. The number of alkyl halides is 3. The largest absolute Gasteiger partial charge is 0.489 e. The van der Waals surface area contributed by atoms with Crippen molar-refractivity contribution < 1.29 is 22.6 Å². The third kappa shape index (κ3) is 3.27. The Morgan fingerprint density at radius 3 is 2.62 bits per heavy atom. The summed E-state index contributed by atoms with van der Waals surface area (Å²) in [6.45, 7) is 0.394. The van der Waals surface area contributed by atoms with Crippen LogP contribution < -0.4 is 10.5 Å². The van der Waals surface area contributed by atoms with Crippen LogP contribution in [0.5, 0.6) is 5.75 Å². The van der Waals surface area contributed by atoms with E-state index in [4.69, 9.17) is 15.2 Å². The summed E-state index contributed by atoms with van der Waals surface area (Å²) in [7, 11) is 1.46. The molecule has 1 heterocycles. The van der Waals surface area contributed by atoms with E-state index in [1.54, 1.807) is 0 Å². The van der Waals surface area contributed by atoms with E-state index in [-0.39, 0.29) is 24.7 Å². The quantitative estimate of drug-likeness (QED) is 0.808. The Morgan fingerprint density at radius 1 is 1.38 bits per heavy atom. The third-order valence-corrected chi connectivity index (χ3v) is 1.73. The zero-order chi connectivity index (χ0) is 12.2. The number of anilines is 1. The summed E-state index contributed by atoms with van der Waals surface area (Å²) >= 11 is 0. The van der Waals surface area contributed by atoms with Crippen molar-refractivity contribution in [3.8, 4) is 5.75 Å². The van der Waals surface area contributed by atoms with Crippen molar-refractivity contribution in [3.63, 3.8) is 0 Å². The molecule has 1 aromatic heterocycles. The van der Waals surface area contributed by atoms with Crippen LogP contribution in [0.4, 0.5) is 18.9 Å². The summed E-state index contributed by atoms with van der Waals surface area (Å²) in [4.78, 5) is 3.18. The molecule has 0 aromatic carbocycles. The zero-order valence-corrected chi connectivity index (χ0v) is 8.54. The van der Waals surface area contributed by atoms with E-state index in [0.29, 0.717) is 0 Å². The minimum atomic E-state index is -4.51. The van der Waals surface area contributed by atoms with E-state index in [1.807, 2.05) is 0 Å². The van der Waals surface area contributed by atoms with Gasteiger partial charge in [0.1, 0.15) is 18.1 Å². The second-order valence-corrected chi connectivity index (χ2v) is 2.95. The first-order valence-electron chi connectivity index (χ1n) is 4.39. The van der Waals surface area contributed by atoms with Crippen LogP contribution in [0.3, 0.4) is 0 Å². The van der Waals surface area contributed by atoms with Gasteiger partial charge in [0.15, 0.2) is 0 Å². The zero-order valence-electron chi connectivity index (χ0n) is 8.54. The van der Waals surface area contributed by atoms with Crippen LogP contribution in [0.1, 0.15) is 5.69 Å².